The van der Waals surface area contributed by atoms with Crippen LogP contribution in [0.5, 0.6) is 0 Å². The van der Waals surface area contributed by atoms with Crippen LogP contribution in [0.1, 0.15) is 37.2 Å². The fourth-order valence-corrected chi connectivity index (χ4v) is 3.86. The maximum absolute atomic E-state index is 12.0. The molecule has 2 unspecified atom stereocenters. The molecular formula is C14H21N3O3S. The lowest BCUT2D eigenvalue weighted by atomic mass is 10.2. The molecule has 0 aromatic carbocycles. The Hall–Kier alpha value is -1.63. The van der Waals surface area contributed by atoms with Gasteiger partial charge in [0.25, 0.3) is 5.91 Å². The fraction of sp³-hybridized carbons (Fsp3) is 0.571. The van der Waals surface area contributed by atoms with Crippen molar-refractivity contribution in [2.75, 3.05) is 16.8 Å². The second kappa shape index (κ2) is 6.43. The van der Waals surface area contributed by atoms with Crippen LogP contribution < -0.4 is 10.6 Å². The smallest absolute Gasteiger partial charge is 0.270 e. The third-order valence-corrected chi connectivity index (χ3v) is 5.35. The number of carbonyl (C=O) groups excluding carboxylic acids is 1. The third kappa shape index (κ3) is 4.42. The average molecular weight is 311 g/mol. The highest BCUT2D eigenvalue weighted by Gasteiger charge is 2.27. The van der Waals surface area contributed by atoms with Crippen molar-refractivity contribution in [3.05, 3.63) is 24.0 Å². The first-order valence-electron chi connectivity index (χ1n) is 7.13. The highest BCUT2D eigenvalue weighted by Crippen LogP contribution is 2.17. The molecule has 1 saturated heterocycles. The highest BCUT2D eigenvalue weighted by molar-refractivity contribution is 7.91. The zero-order valence-electron chi connectivity index (χ0n) is 12.3. The van der Waals surface area contributed by atoms with Gasteiger partial charge in [-0.15, -0.1) is 0 Å². The largest absolute Gasteiger partial charge is 0.381 e. The Labute approximate surface area is 125 Å². The van der Waals surface area contributed by atoms with Gasteiger partial charge in [0.15, 0.2) is 9.84 Å². The standard InChI is InChI=1S/C14H21N3O3S/c1-3-10(2)16-14(18)13-8-11(4-6-15-13)17-12-5-7-21(19,20)9-12/h4,6,8,10,12H,3,5,7,9H2,1-2H3,(H,15,17)(H,16,18). The van der Waals surface area contributed by atoms with E-state index in [4.69, 9.17) is 0 Å². The second-order valence-corrected chi connectivity index (χ2v) is 7.69. The molecule has 2 N–H and O–H groups in total. The van der Waals surface area contributed by atoms with Crippen LogP contribution >= 0.6 is 0 Å². The molecule has 1 aromatic rings. The molecule has 1 aliphatic heterocycles. The van der Waals surface area contributed by atoms with E-state index in [1.807, 2.05) is 13.8 Å². The van der Waals surface area contributed by atoms with Gasteiger partial charge in [0, 0.05) is 24.0 Å². The Kier molecular flexibility index (Phi) is 4.82. The van der Waals surface area contributed by atoms with Gasteiger partial charge in [0.2, 0.25) is 0 Å². The maximum atomic E-state index is 12.0. The quantitative estimate of drug-likeness (QED) is 0.853. The van der Waals surface area contributed by atoms with Crippen LogP contribution in [0, 0.1) is 0 Å². The molecule has 7 heteroatoms. The van der Waals surface area contributed by atoms with Crippen molar-refractivity contribution in [2.45, 2.75) is 38.8 Å². The molecule has 2 atom stereocenters. The summed E-state index contributed by atoms with van der Waals surface area (Å²) < 4.78 is 22.9. The van der Waals surface area contributed by atoms with E-state index in [0.717, 1.165) is 12.1 Å². The van der Waals surface area contributed by atoms with Crippen LogP contribution in [0.3, 0.4) is 0 Å². The molecule has 1 amide bonds. The van der Waals surface area contributed by atoms with Gasteiger partial charge in [0.05, 0.1) is 11.5 Å². The van der Waals surface area contributed by atoms with Crippen molar-refractivity contribution in [3.63, 3.8) is 0 Å². The van der Waals surface area contributed by atoms with E-state index in [9.17, 15) is 13.2 Å². The number of aromatic nitrogens is 1. The van der Waals surface area contributed by atoms with Gasteiger partial charge in [-0.2, -0.15) is 0 Å². The lowest BCUT2D eigenvalue weighted by molar-refractivity contribution is 0.0934. The van der Waals surface area contributed by atoms with Crippen LogP contribution in [0.4, 0.5) is 5.69 Å². The summed E-state index contributed by atoms with van der Waals surface area (Å²) in [5.41, 5.74) is 1.06. The molecule has 21 heavy (non-hydrogen) atoms. The van der Waals surface area contributed by atoms with E-state index in [2.05, 4.69) is 15.6 Å². The number of anilines is 1. The monoisotopic (exact) mass is 311 g/mol. The molecule has 116 valence electrons. The van der Waals surface area contributed by atoms with Crippen LogP contribution in [0.15, 0.2) is 18.3 Å². The van der Waals surface area contributed by atoms with Crippen molar-refractivity contribution in [3.8, 4) is 0 Å². The van der Waals surface area contributed by atoms with Crippen LogP contribution in [0.25, 0.3) is 0 Å². The number of pyridine rings is 1. The molecule has 2 rings (SSSR count). The minimum atomic E-state index is -2.92. The Morgan fingerprint density at radius 1 is 1.52 bits per heavy atom. The summed E-state index contributed by atoms with van der Waals surface area (Å²) in [4.78, 5) is 16.1. The van der Waals surface area contributed by atoms with Gasteiger partial charge in [0.1, 0.15) is 5.69 Å². The summed E-state index contributed by atoms with van der Waals surface area (Å²) in [6.45, 7) is 3.93. The zero-order valence-corrected chi connectivity index (χ0v) is 13.1. The number of nitrogens with zero attached hydrogens (tertiary/aromatic N) is 1. The molecule has 1 aromatic heterocycles. The topological polar surface area (TPSA) is 88.2 Å². The van der Waals surface area contributed by atoms with Crippen molar-refractivity contribution in [2.24, 2.45) is 0 Å². The van der Waals surface area contributed by atoms with Crippen LogP contribution in [0.2, 0.25) is 0 Å². The number of hydrogen-bond donors (Lipinski definition) is 2. The van der Waals surface area contributed by atoms with E-state index in [1.165, 1.54) is 0 Å². The molecule has 0 bridgehead atoms. The molecule has 0 radical (unpaired) electrons. The van der Waals surface area contributed by atoms with E-state index < -0.39 is 9.84 Å². The van der Waals surface area contributed by atoms with Crippen molar-refractivity contribution < 1.29 is 13.2 Å². The summed E-state index contributed by atoms with van der Waals surface area (Å²) >= 11 is 0. The van der Waals surface area contributed by atoms with Crippen molar-refractivity contribution in [1.82, 2.24) is 10.3 Å². The van der Waals surface area contributed by atoms with Gasteiger partial charge in [-0.25, -0.2) is 8.42 Å². The maximum Gasteiger partial charge on any atom is 0.270 e. The van der Waals surface area contributed by atoms with Crippen molar-refractivity contribution >= 4 is 21.4 Å². The van der Waals surface area contributed by atoms with Crippen LogP contribution in [-0.2, 0) is 9.84 Å². The number of nitrogens with one attached hydrogen (secondary N) is 2. The average Bonchev–Trinajstić information content (AvgIpc) is 2.78. The highest BCUT2D eigenvalue weighted by atomic mass is 32.2. The van der Waals surface area contributed by atoms with Crippen molar-refractivity contribution in [1.29, 1.82) is 0 Å². The van der Waals surface area contributed by atoms with Gasteiger partial charge in [-0.1, -0.05) is 6.92 Å². The minimum absolute atomic E-state index is 0.0934. The summed E-state index contributed by atoms with van der Waals surface area (Å²) in [6, 6.07) is 3.40. The number of amides is 1. The minimum Gasteiger partial charge on any atom is -0.381 e. The first kappa shape index (κ1) is 15.8. The van der Waals surface area contributed by atoms with Gasteiger partial charge >= 0.3 is 0 Å². The SMILES string of the molecule is CCC(C)NC(=O)c1cc(NC2CCS(=O)(=O)C2)ccn1. The first-order valence-corrected chi connectivity index (χ1v) is 8.95. The van der Waals surface area contributed by atoms with Gasteiger partial charge < -0.3 is 10.6 Å². The second-order valence-electron chi connectivity index (χ2n) is 5.46. The Balaban J connectivity index is 2.03. The summed E-state index contributed by atoms with van der Waals surface area (Å²) in [5.74, 6) is 0.146. The third-order valence-electron chi connectivity index (χ3n) is 3.59. The summed E-state index contributed by atoms with van der Waals surface area (Å²) in [7, 11) is -2.92. The molecule has 1 fully saturated rings. The predicted molar refractivity (Wildman–Crippen MR) is 82.1 cm³/mol. The lowest BCUT2D eigenvalue weighted by Crippen LogP contribution is -2.32. The van der Waals surface area contributed by atoms with E-state index in [1.54, 1.807) is 18.3 Å². The summed E-state index contributed by atoms with van der Waals surface area (Å²) in [6.07, 6.45) is 3.00. The number of sulfone groups is 1. The molecule has 2 heterocycles. The van der Waals surface area contributed by atoms with Crippen LogP contribution in [-0.4, -0.2) is 42.9 Å². The lowest BCUT2D eigenvalue weighted by Gasteiger charge is -2.14. The van der Waals surface area contributed by atoms with E-state index in [0.29, 0.717) is 12.1 Å². The molecule has 1 aliphatic rings. The molecular weight excluding hydrogens is 290 g/mol. The molecule has 0 aliphatic carbocycles. The Morgan fingerprint density at radius 2 is 2.29 bits per heavy atom. The Bertz CT molecular complexity index is 616. The number of hydrogen-bond acceptors (Lipinski definition) is 5. The number of rotatable bonds is 5. The first-order chi connectivity index (χ1) is 9.89. The molecule has 6 nitrogen and oxygen atoms in total. The van der Waals surface area contributed by atoms with Gasteiger partial charge in [-0.3, -0.25) is 9.78 Å². The predicted octanol–water partition coefficient (Wildman–Crippen LogP) is 1.21. The summed E-state index contributed by atoms with van der Waals surface area (Å²) in [5, 5.41) is 6.01. The van der Waals surface area contributed by atoms with E-state index in [-0.39, 0.29) is 29.5 Å². The molecule has 0 saturated carbocycles. The normalized spacial score (nSPS) is 21.7. The number of carbonyl (C=O) groups is 1. The van der Waals surface area contributed by atoms with E-state index >= 15 is 0 Å². The zero-order chi connectivity index (χ0) is 15.5. The Morgan fingerprint density at radius 3 is 2.90 bits per heavy atom. The fourth-order valence-electron chi connectivity index (χ4n) is 2.19. The molecule has 0 spiro atoms. The van der Waals surface area contributed by atoms with Gasteiger partial charge in [-0.05, 0) is 31.9 Å².